The Labute approximate surface area is 172 Å². The van der Waals surface area contributed by atoms with E-state index in [2.05, 4.69) is 20.9 Å². The molecule has 1 amide bonds. The van der Waals surface area contributed by atoms with Gasteiger partial charge in [0.1, 0.15) is 5.56 Å². The molecule has 4 aliphatic heterocycles. The van der Waals surface area contributed by atoms with Crippen LogP contribution in [0.25, 0.3) is 0 Å². The van der Waals surface area contributed by atoms with Crippen molar-refractivity contribution in [3.63, 3.8) is 0 Å². The molecule has 4 saturated heterocycles. The minimum absolute atomic E-state index is 0.154. The van der Waals surface area contributed by atoms with E-state index in [1.165, 1.54) is 18.5 Å². The molecule has 1 aromatic heterocycles. The molecule has 5 aliphatic rings. The number of aromatic nitrogens is 1. The summed E-state index contributed by atoms with van der Waals surface area (Å²) in [4.78, 5) is 23.2. The summed E-state index contributed by atoms with van der Waals surface area (Å²) in [5, 5.41) is 0. The molecular formula is C23H31N3O3. The summed E-state index contributed by atoms with van der Waals surface area (Å²) in [5.41, 5.74) is 3.04. The second kappa shape index (κ2) is 6.95. The van der Waals surface area contributed by atoms with E-state index in [0.29, 0.717) is 41.3 Å². The number of hydrogen-bond acceptors (Lipinski definition) is 5. The number of ether oxygens (including phenoxy) is 2. The van der Waals surface area contributed by atoms with Gasteiger partial charge in [-0.25, -0.2) is 4.98 Å². The highest BCUT2D eigenvalue weighted by molar-refractivity contribution is 5.97. The fourth-order valence-corrected chi connectivity index (χ4v) is 6.91. The minimum Gasteiger partial charge on any atom is -0.480 e. The van der Waals surface area contributed by atoms with Crippen LogP contribution in [0.2, 0.25) is 0 Å². The van der Waals surface area contributed by atoms with E-state index < -0.39 is 0 Å². The Bertz CT molecular complexity index is 802. The van der Waals surface area contributed by atoms with Crippen molar-refractivity contribution in [2.75, 3.05) is 40.0 Å². The van der Waals surface area contributed by atoms with Crippen LogP contribution in [0.1, 0.15) is 47.3 Å². The Balaban J connectivity index is 1.22. The van der Waals surface area contributed by atoms with Crippen LogP contribution < -0.4 is 4.74 Å². The molecule has 6 nitrogen and oxygen atoms in total. The SMILES string of the molecule is COc1nc2c(cc1C(=O)N1[C@@H]3CC[C@H]1[C@H]1CN(CC4CCOC4)C[C@H]13)CCC2. The molecule has 1 unspecified atom stereocenters. The first-order valence-electron chi connectivity index (χ1n) is 11.4. The maximum atomic E-state index is 13.7. The van der Waals surface area contributed by atoms with E-state index in [0.717, 1.165) is 64.1 Å². The van der Waals surface area contributed by atoms with Gasteiger partial charge in [0.25, 0.3) is 5.91 Å². The van der Waals surface area contributed by atoms with Gasteiger partial charge in [0, 0.05) is 44.0 Å². The third kappa shape index (κ3) is 2.82. The van der Waals surface area contributed by atoms with Crippen LogP contribution in [-0.2, 0) is 17.6 Å². The zero-order valence-corrected chi connectivity index (χ0v) is 17.3. The Morgan fingerprint density at radius 2 is 2.00 bits per heavy atom. The first-order valence-corrected chi connectivity index (χ1v) is 11.4. The molecule has 0 N–H and O–H groups in total. The van der Waals surface area contributed by atoms with Crippen molar-refractivity contribution < 1.29 is 14.3 Å². The Morgan fingerprint density at radius 3 is 2.69 bits per heavy atom. The number of pyridine rings is 1. The number of rotatable bonds is 4. The smallest absolute Gasteiger partial charge is 0.259 e. The van der Waals surface area contributed by atoms with Gasteiger partial charge in [-0.3, -0.25) is 4.79 Å². The van der Waals surface area contributed by atoms with E-state index in [1.54, 1.807) is 7.11 Å². The molecule has 1 aromatic rings. The summed E-state index contributed by atoms with van der Waals surface area (Å²) in [6, 6.07) is 2.86. The average Bonchev–Trinajstić information content (AvgIpc) is 3.53. The quantitative estimate of drug-likeness (QED) is 0.779. The van der Waals surface area contributed by atoms with Gasteiger partial charge in [-0.05, 0) is 67.9 Å². The fourth-order valence-electron chi connectivity index (χ4n) is 6.91. The molecule has 0 spiro atoms. The maximum Gasteiger partial charge on any atom is 0.259 e. The van der Waals surface area contributed by atoms with Crippen molar-refractivity contribution in [1.29, 1.82) is 0 Å². The summed E-state index contributed by atoms with van der Waals surface area (Å²) in [6.45, 7) is 5.31. The van der Waals surface area contributed by atoms with E-state index in [4.69, 9.17) is 9.47 Å². The standard InChI is InChI=1S/C23H31N3O3/c1-28-22-16(9-15-3-2-4-19(15)24-22)23(27)26-20-5-6-21(26)18-12-25(11-17(18)20)10-14-7-8-29-13-14/h9,14,17-18,20-21H,2-8,10-13H2,1H3/t14?,17-,18+,20-,21+. The highest BCUT2D eigenvalue weighted by Gasteiger charge is 2.58. The summed E-state index contributed by atoms with van der Waals surface area (Å²) in [6.07, 6.45) is 6.67. The number of aryl methyl sites for hydroxylation is 2. The molecule has 5 heterocycles. The number of carbonyl (C=O) groups excluding carboxylic acids is 1. The van der Waals surface area contributed by atoms with Crippen molar-refractivity contribution in [2.45, 2.75) is 50.6 Å². The van der Waals surface area contributed by atoms with E-state index >= 15 is 0 Å². The number of nitrogens with zero attached hydrogens (tertiary/aromatic N) is 3. The van der Waals surface area contributed by atoms with Gasteiger partial charge < -0.3 is 19.3 Å². The number of fused-ring (bicyclic) bond motifs is 6. The summed E-state index contributed by atoms with van der Waals surface area (Å²) < 4.78 is 11.1. The zero-order valence-electron chi connectivity index (χ0n) is 17.3. The number of amides is 1. The van der Waals surface area contributed by atoms with Crippen LogP contribution in [0.5, 0.6) is 5.88 Å². The predicted octanol–water partition coefficient (Wildman–Crippen LogP) is 2.15. The van der Waals surface area contributed by atoms with Crippen LogP contribution in [0.4, 0.5) is 0 Å². The minimum atomic E-state index is 0.154. The molecular weight excluding hydrogens is 366 g/mol. The molecule has 5 atom stereocenters. The van der Waals surface area contributed by atoms with Crippen LogP contribution in [0.15, 0.2) is 6.07 Å². The van der Waals surface area contributed by atoms with Gasteiger partial charge in [-0.2, -0.15) is 0 Å². The zero-order chi connectivity index (χ0) is 19.5. The summed E-state index contributed by atoms with van der Waals surface area (Å²) >= 11 is 0. The first-order chi connectivity index (χ1) is 14.2. The summed E-state index contributed by atoms with van der Waals surface area (Å²) in [5.74, 6) is 2.64. The van der Waals surface area contributed by atoms with Gasteiger partial charge in [0.15, 0.2) is 0 Å². The Morgan fingerprint density at radius 1 is 1.21 bits per heavy atom. The molecule has 156 valence electrons. The largest absolute Gasteiger partial charge is 0.480 e. The number of methoxy groups -OCH3 is 1. The second-order valence-electron chi connectivity index (χ2n) is 9.70. The lowest BCUT2D eigenvalue weighted by atomic mass is 9.82. The highest BCUT2D eigenvalue weighted by atomic mass is 16.5. The molecule has 29 heavy (non-hydrogen) atoms. The van der Waals surface area contributed by atoms with E-state index in [1.807, 2.05) is 0 Å². The first kappa shape index (κ1) is 18.1. The van der Waals surface area contributed by atoms with E-state index in [-0.39, 0.29) is 5.91 Å². The highest BCUT2D eigenvalue weighted by Crippen LogP contribution is 2.50. The molecule has 2 bridgehead atoms. The summed E-state index contributed by atoms with van der Waals surface area (Å²) in [7, 11) is 1.64. The van der Waals surface area contributed by atoms with Crippen LogP contribution in [0, 0.1) is 17.8 Å². The van der Waals surface area contributed by atoms with Crippen LogP contribution >= 0.6 is 0 Å². The lowest BCUT2D eigenvalue weighted by Gasteiger charge is -2.28. The van der Waals surface area contributed by atoms with Crippen LogP contribution in [0.3, 0.4) is 0 Å². The maximum absolute atomic E-state index is 13.7. The predicted molar refractivity (Wildman–Crippen MR) is 108 cm³/mol. The van der Waals surface area contributed by atoms with Gasteiger partial charge in [-0.1, -0.05) is 0 Å². The van der Waals surface area contributed by atoms with Crippen molar-refractivity contribution in [3.8, 4) is 5.88 Å². The number of likely N-dealkylation sites (tertiary alicyclic amines) is 1. The van der Waals surface area contributed by atoms with Crippen molar-refractivity contribution >= 4 is 5.91 Å². The molecule has 6 heteroatoms. The topological polar surface area (TPSA) is 54.9 Å². The lowest BCUT2D eigenvalue weighted by Crippen LogP contribution is -2.41. The molecule has 1 aliphatic carbocycles. The van der Waals surface area contributed by atoms with Crippen molar-refractivity contribution in [3.05, 3.63) is 22.9 Å². The van der Waals surface area contributed by atoms with Gasteiger partial charge >= 0.3 is 0 Å². The second-order valence-corrected chi connectivity index (χ2v) is 9.70. The third-order valence-electron chi connectivity index (χ3n) is 8.16. The molecule has 6 rings (SSSR count). The average molecular weight is 398 g/mol. The lowest BCUT2D eigenvalue weighted by molar-refractivity contribution is 0.0688. The third-order valence-corrected chi connectivity index (χ3v) is 8.16. The van der Waals surface area contributed by atoms with Gasteiger partial charge in [-0.15, -0.1) is 0 Å². The van der Waals surface area contributed by atoms with Crippen molar-refractivity contribution in [2.24, 2.45) is 17.8 Å². The van der Waals surface area contributed by atoms with Crippen molar-refractivity contribution in [1.82, 2.24) is 14.8 Å². The number of hydrogen-bond donors (Lipinski definition) is 0. The van der Waals surface area contributed by atoms with E-state index in [9.17, 15) is 4.79 Å². The van der Waals surface area contributed by atoms with Gasteiger partial charge in [0.2, 0.25) is 5.88 Å². The molecule has 4 fully saturated rings. The molecule has 0 radical (unpaired) electrons. The molecule has 0 aromatic carbocycles. The van der Waals surface area contributed by atoms with Gasteiger partial charge in [0.05, 0.1) is 13.7 Å². The molecule has 0 saturated carbocycles. The monoisotopic (exact) mass is 397 g/mol. The van der Waals surface area contributed by atoms with Crippen LogP contribution in [-0.4, -0.2) is 72.7 Å². The number of carbonyl (C=O) groups is 1. The Hall–Kier alpha value is -1.66. The normalized spacial score (nSPS) is 35.3. The fraction of sp³-hybridized carbons (Fsp3) is 0.739. The Kier molecular flexibility index (Phi) is 4.34.